The molecule has 5 nitrogen and oxygen atoms in total. The number of halogens is 3. The van der Waals surface area contributed by atoms with Gasteiger partial charge in [0.05, 0.1) is 11.4 Å². The van der Waals surface area contributed by atoms with Gasteiger partial charge in [-0.15, -0.1) is 0 Å². The molecule has 0 atom stereocenters. The number of amides is 1. The third kappa shape index (κ3) is 3.76. The molecule has 0 saturated heterocycles. The number of sulfonamides is 1. The van der Waals surface area contributed by atoms with E-state index in [4.69, 9.17) is 0 Å². The highest BCUT2D eigenvalue weighted by molar-refractivity contribution is 7.92. The molecular formula is C16H13F3N2O3S. The minimum Gasteiger partial charge on any atom is -0.348 e. The van der Waals surface area contributed by atoms with Gasteiger partial charge < -0.3 is 5.32 Å². The van der Waals surface area contributed by atoms with Crippen LogP contribution in [0.4, 0.5) is 18.9 Å². The summed E-state index contributed by atoms with van der Waals surface area (Å²) in [5.74, 6) is -3.93. The monoisotopic (exact) mass is 370 g/mol. The van der Waals surface area contributed by atoms with E-state index in [1.807, 2.05) is 0 Å². The second-order valence-corrected chi connectivity index (χ2v) is 7.42. The van der Waals surface area contributed by atoms with Gasteiger partial charge in [0.1, 0.15) is 17.5 Å². The lowest BCUT2D eigenvalue weighted by atomic mass is 10.1. The molecule has 2 aromatic rings. The first kappa shape index (κ1) is 17.3. The molecule has 2 N–H and O–H groups in total. The van der Waals surface area contributed by atoms with E-state index in [-0.39, 0.29) is 11.3 Å². The summed E-state index contributed by atoms with van der Waals surface area (Å²) < 4.78 is 65.5. The van der Waals surface area contributed by atoms with Crippen LogP contribution in [0.5, 0.6) is 0 Å². The summed E-state index contributed by atoms with van der Waals surface area (Å²) in [6.07, 6.45) is 0.332. The molecule has 0 spiro atoms. The van der Waals surface area contributed by atoms with Crippen molar-refractivity contribution in [3.63, 3.8) is 0 Å². The highest BCUT2D eigenvalue weighted by Gasteiger charge is 2.21. The molecule has 1 aliphatic heterocycles. The number of carbonyl (C=O) groups excluding carboxylic acids is 1. The van der Waals surface area contributed by atoms with E-state index < -0.39 is 45.5 Å². The summed E-state index contributed by atoms with van der Waals surface area (Å²) in [4.78, 5) is 12.1. The van der Waals surface area contributed by atoms with Crippen LogP contribution in [0, 0.1) is 17.5 Å². The molecule has 1 aliphatic rings. The maximum Gasteiger partial charge on any atom is 0.251 e. The molecule has 9 heteroatoms. The van der Waals surface area contributed by atoms with Crippen molar-refractivity contribution in [3.05, 3.63) is 64.5 Å². The summed E-state index contributed by atoms with van der Waals surface area (Å²) in [6.45, 7) is -0.473. The normalized spacial score (nSPS) is 15.2. The van der Waals surface area contributed by atoms with Crippen LogP contribution < -0.4 is 10.0 Å². The van der Waals surface area contributed by atoms with Gasteiger partial charge in [-0.1, -0.05) is 6.07 Å². The molecule has 25 heavy (non-hydrogen) atoms. The fourth-order valence-electron chi connectivity index (χ4n) is 2.51. The van der Waals surface area contributed by atoms with Crippen LogP contribution in [0.3, 0.4) is 0 Å². The number of hydrogen-bond acceptors (Lipinski definition) is 3. The van der Waals surface area contributed by atoms with E-state index in [9.17, 15) is 26.4 Å². The van der Waals surface area contributed by atoms with Crippen LogP contribution in [-0.4, -0.2) is 20.1 Å². The molecule has 0 radical (unpaired) electrons. The van der Waals surface area contributed by atoms with Gasteiger partial charge in [0, 0.05) is 29.8 Å². The quantitative estimate of drug-likeness (QED) is 0.871. The third-order valence-corrected chi connectivity index (χ3v) is 5.08. The van der Waals surface area contributed by atoms with Crippen molar-refractivity contribution < 1.29 is 26.4 Å². The summed E-state index contributed by atoms with van der Waals surface area (Å²) in [5.41, 5.74) is 0.722. The Morgan fingerprint density at radius 2 is 1.80 bits per heavy atom. The second kappa shape index (κ2) is 6.40. The predicted octanol–water partition coefficient (Wildman–Crippen LogP) is 2.33. The number of nitrogens with one attached hydrogen (secondary N) is 2. The van der Waals surface area contributed by atoms with E-state index in [0.717, 1.165) is 5.56 Å². The van der Waals surface area contributed by atoms with E-state index in [1.165, 1.54) is 12.1 Å². The van der Waals surface area contributed by atoms with Crippen molar-refractivity contribution in [3.8, 4) is 0 Å². The standard InChI is InChI=1S/C16H13F3N2O3S/c17-11-6-13(18)12(14(19)7-11)8-20-16(22)10-2-1-9-3-4-25(23,24)21-15(9)5-10/h1-2,5-7,21H,3-4,8H2,(H,20,22). The molecule has 132 valence electrons. The van der Waals surface area contributed by atoms with Gasteiger partial charge in [0.15, 0.2) is 0 Å². The van der Waals surface area contributed by atoms with Crippen molar-refractivity contribution in [2.75, 3.05) is 10.5 Å². The zero-order chi connectivity index (χ0) is 18.2. The van der Waals surface area contributed by atoms with Gasteiger partial charge >= 0.3 is 0 Å². The van der Waals surface area contributed by atoms with Crippen LogP contribution >= 0.6 is 0 Å². The van der Waals surface area contributed by atoms with E-state index in [0.29, 0.717) is 24.2 Å². The highest BCUT2D eigenvalue weighted by Crippen LogP contribution is 2.24. The summed E-state index contributed by atoms with van der Waals surface area (Å²) in [6, 6.07) is 5.52. The first-order valence-electron chi connectivity index (χ1n) is 7.30. The van der Waals surface area contributed by atoms with Gasteiger partial charge in [0.25, 0.3) is 5.91 Å². The van der Waals surface area contributed by atoms with E-state index >= 15 is 0 Å². The SMILES string of the molecule is O=C(NCc1c(F)cc(F)cc1F)c1ccc2c(c1)NS(=O)(=O)CC2. The molecule has 1 heterocycles. The lowest BCUT2D eigenvalue weighted by Crippen LogP contribution is -2.26. The number of hydrogen-bond donors (Lipinski definition) is 2. The second-order valence-electron chi connectivity index (χ2n) is 5.57. The maximum atomic E-state index is 13.6. The Morgan fingerprint density at radius 3 is 2.48 bits per heavy atom. The molecule has 2 aromatic carbocycles. The maximum absolute atomic E-state index is 13.6. The number of carbonyl (C=O) groups is 1. The lowest BCUT2D eigenvalue weighted by Gasteiger charge is -2.19. The fourth-order valence-corrected chi connectivity index (χ4v) is 3.62. The fraction of sp³-hybridized carbons (Fsp3) is 0.188. The van der Waals surface area contributed by atoms with Gasteiger partial charge in [0.2, 0.25) is 10.0 Å². The van der Waals surface area contributed by atoms with E-state index in [1.54, 1.807) is 6.07 Å². The molecule has 0 fully saturated rings. The van der Waals surface area contributed by atoms with Crippen LogP contribution in [0.1, 0.15) is 21.5 Å². The van der Waals surface area contributed by atoms with Crippen LogP contribution in [0.2, 0.25) is 0 Å². The Morgan fingerprint density at radius 1 is 1.12 bits per heavy atom. The smallest absolute Gasteiger partial charge is 0.251 e. The Kier molecular flexibility index (Phi) is 4.42. The van der Waals surface area contributed by atoms with Crippen LogP contribution in [0.25, 0.3) is 0 Å². The molecule has 3 rings (SSSR count). The summed E-state index contributed by atoms with van der Waals surface area (Å²) in [7, 11) is -3.43. The number of benzene rings is 2. The Bertz CT molecular complexity index is 938. The summed E-state index contributed by atoms with van der Waals surface area (Å²) >= 11 is 0. The van der Waals surface area contributed by atoms with E-state index in [2.05, 4.69) is 10.0 Å². The van der Waals surface area contributed by atoms with Crippen molar-refractivity contribution in [2.45, 2.75) is 13.0 Å². The van der Waals surface area contributed by atoms with Gasteiger partial charge in [-0.05, 0) is 24.1 Å². The zero-order valence-corrected chi connectivity index (χ0v) is 13.6. The number of anilines is 1. The van der Waals surface area contributed by atoms with Crippen molar-refractivity contribution >= 4 is 21.6 Å². The van der Waals surface area contributed by atoms with Gasteiger partial charge in [-0.25, -0.2) is 21.6 Å². The molecule has 0 saturated carbocycles. The Hall–Kier alpha value is -2.55. The summed E-state index contributed by atoms with van der Waals surface area (Å²) in [5, 5.41) is 2.33. The average Bonchev–Trinajstić information content (AvgIpc) is 2.52. The number of aryl methyl sites for hydroxylation is 1. The van der Waals surface area contributed by atoms with Crippen molar-refractivity contribution in [1.82, 2.24) is 5.32 Å². The van der Waals surface area contributed by atoms with Crippen molar-refractivity contribution in [1.29, 1.82) is 0 Å². The van der Waals surface area contributed by atoms with Gasteiger partial charge in [-0.2, -0.15) is 0 Å². The van der Waals surface area contributed by atoms with Gasteiger partial charge in [-0.3, -0.25) is 9.52 Å². The Labute approximate surface area is 141 Å². The minimum absolute atomic E-state index is 0.0331. The average molecular weight is 370 g/mol. The molecule has 0 bridgehead atoms. The predicted molar refractivity (Wildman–Crippen MR) is 85.0 cm³/mol. The van der Waals surface area contributed by atoms with Crippen LogP contribution in [0.15, 0.2) is 30.3 Å². The molecule has 0 unspecified atom stereocenters. The lowest BCUT2D eigenvalue weighted by molar-refractivity contribution is 0.0950. The van der Waals surface area contributed by atoms with Crippen LogP contribution in [-0.2, 0) is 23.0 Å². The van der Waals surface area contributed by atoms with Crippen molar-refractivity contribution in [2.24, 2.45) is 0 Å². The highest BCUT2D eigenvalue weighted by atomic mass is 32.2. The topological polar surface area (TPSA) is 75.3 Å². The largest absolute Gasteiger partial charge is 0.348 e. The first-order chi connectivity index (χ1) is 11.7. The molecule has 0 aliphatic carbocycles. The Balaban J connectivity index is 1.77. The number of fused-ring (bicyclic) bond motifs is 1. The third-order valence-electron chi connectivity index (χ3n) is 3.81. The molecule has 1 amide bonds. The molecule has 0 aromatic heterocycles. The zero-order valence-electron chi connectivity index (χ0n) is 12.8. The number of rotatable bonds is 3. The minimum atomic E-state index is -3.43. The first-order valence-corrected chi connectivity index (χ1v) is 8.95. The molecular weight excluding hydrogens is 357 g/mol.